The molecule has 0 radical (unpaired) electrons. The molecule has 0 spiro atoms. The highest BCUT2D eigenvalue weighted by molar-refractivity contribution is 5.65. The van der Waals surface area contributed by atoms with Gasteiger partial charge in [-0.2, -0.15) is 0 Å². The van der Waals surface area contributed by atoms with Crippen LogP contribution in [0.5, 0.6) is 0 Å². The zero-order valence-electron chi connectivity index (χ0n) is 9.85. The van der Waals surface area contributed by atoms with E-state index in [1.54, 1.807) is 0 Å². The fourth-order valence-corrected chi connectivity index (χ4v) is 1.32. The summed E-state index contributed by atoms with van der Waals surface area (Å²) in [4.78, 5) is 10.6. The van der Waals surface area contributed by atoms with Crippen LogP contribution in [0.1, 0.15) is 25.8 Å². The Kier molecular flexibility index (Phi) is 5.34. The zero-order valence-corrected chi connectivity index (χ0v) is 9.85. The van der Waals surface area contributed by atoms with Crippen LogP contribution in [0, 0.1) is 5.92 Å². The third-order valence-electron chi connectivity index (χ3n) is 2.30. The average molecular weight is 218 g/mol. The zero-order chi connectivity index (χ0) is 11.8. The summed E-state index contributed by atoms with van der Waals surface area (Å²) < 4.78 is 4.89. The number of rotatable bonds is 5. The van der Waals surface area contributed by atoms with Crippen LogP contribution in [0.2, 0.25) is 0 Å². The topological polar surface area (TPSA) is 26.3 Å². The Morgan fingerprint density at radius 1 is 1.38 bits per heavy atom. The van der Waals surface area contributed by atoms with Gasteiger partial charge in [0.15, 0.2) is 0 Å². The van der Waals surface area contributed by atoms with Crippen LogP contribution < -0.4 is 0 Å². The quantitative estimate of drug-likeness (QED) is 0.709. The Bertz CT molecular complexity index is 341. The lowest BCUT2D eigenvalue weighted by molar-refractivity contribution is -0.141. The van der Waals surface area contributed by atoms with Crippen LogP contribution in [-0.4, -0.2) is 12.6 Å². The minimum atomic E-state index is -0.209. The third-order valence-corrected chi connectivity index (χ3v) is 2.30. The smallest absolute Gasteiger partial charge is 0.302 e. The molecule has 1 rings (SSSR count). The van der Waals surface area contributed by atoms with Crippen molar-refractivity contribution in [1.29, 1.82) is 0 Å². The van der Waals surface area contributed by atoms with E-state index < -0.39 is 0 Å². The van der Waals surface area contributed by atoms with E-state index in [-0.39, 0.29) is 5.97 Å². The number of carbonyl (C=O) groups is 1. The average Bonchev–Trinajstić information content (AvgIpc) is 2.27. The van der Waals surface area contributed by atoms with Gasteiger partial charge in [0, 0.05) is 6.92 Å². The summed E-state index contributed by atoms with van der Waals surface area (Å²) in [5, 5.41) is 0. The summed E-state index contributed by atoms with van der Waals surface area (Å²) >= 11 is 0. The molecule has 0 aliphatic heterocycles. The Labute approximate surface area is 96.9 Å². The van der Waals surface area contributed by atoms with Crippen molar-refractivity contribution in [2.75, 3.05) is 6.61 Å². The fourth-order valence-electron chi connectivity index (χ4n) is 1.32. The molecule has 0 fully saturated rings. The minimum Gasteiger partial charge on any atom is -0.466 e. The van der Waals surface area contributed by atoms with Gasteiger partial charge in [0.2, 0.25) is 0 Å². The van der Waals surface area contributed by atoms with Crippen LogP contribution in [0.25, 0.3) is 6.08 Å². The molecular formula is C14H18O2. The first-order valence-corrected chi connectivity index (χ1v) is 5.55. The number of esters is 1. The molecule has 1 atom stereocenters. The van der Waals surface area contributed by atoms with Crippen LogP contribution in [-0.2, 0) is 9.53 Å². The first-order chi connectivity index (χ1) is 7.68. The Hall–Kier alpha value is -1.57. The lowest BCUT2D eigenvalue weighted by atomic mass is 10.1. The first-order valence-electron chi connectivity index (χ1n) is 5.55. The van der Waals surface area contributed by atoms with Crippen molar-refractivity contribution < 1.29 is 9.53 Å². The van der Waals surface area contributed by atoms with Gasteiger partial charge in [0.05, 0.1) is 6.61 Å². The number of hydrogen-bond acceptors (Lipinski definition) is 2. The van der Waals surface area contributed by atoms with E-state index in [1.807, 2.05) is 18.2 Å². The van der Waals surface area contributed by atoms with Gasteiger partial charge < -0.3 is 4.74 Å². The maximum Gasteiger partial charge on any atom is 0.302 e. The van der Waals surface area contributed by atoms with E-state index in [0.717, 1.165) is 6.42 Å². The summed E-state index contributed by atoms with van der Waals surface area (Å²) in [6.45, 7) is 4.04. The molecule has 0 amide bonds. The molecule has 0 aliphatic carbocycles. The maximum atomic E-state index is 10.6. The van der Waals surface area contributed by atoms with Crippen molar-refractivity contribution in [3.63, 3.8) is 0 Å². The molecule has 0 aliphatic rings. The molecule has 86 valence electrons. The van der Waals surface area contributed by atoms with Crippen LogP contribution >= 0.6 is 0 Å². The second-order valence-corrected chi connectivity index (χ2v) is 3.88. The highest BCUT2D eigenvalue weighted by atomic mass is 16.5. The molecule has 0 saturated carbocycles. The SMILES string of the molecule is CC(=O)OCCC(C)/C=C\c1ccccc1. The second-order valence-electron chi connectivity index (χ2n) is 3.88. The normalized spacial score (nSPS) is 12.6. The molecule has 2 heteroatoms. The molecule has 0 saturated heterocycles. The minimum absolute atomic E-state index is 0.209. The van der Waals surface area contributed by atoms with E-state index in [2.05, 4.69) is 31.2 Å². The number of benzene rings is 1. The Morgan fingerprint density at radius 3 is 2.69 bits per heavy atom. The molecule has 0 heterocycles. The van der Waals surface area contributed by atoms with Crippen molar-refractivity contribution >= 4 is 12.0 Å². The van der Waals surface area contributed by atoms with Gasteiger partial charge in [-0.25, -0.2) is 0 Å². The molecule has 1 aromatic rings. The third kappa shape index (κ3) is 5.35. The highest BCUT2D eigenvalue weighted by Gasteiger charge is 1.98. The molecule has 16 heavy (non-hydrogen) atoms. The number of allylic oxidation sites excluding steroid dienone is 1. The van der Waals surface area contributed by atoms with E-state index >= 15 is 0 Å². The lowest BCUT2D eigenvalue weighted by Crippen LogP contribution is -2.03. The number of hydrogen-bond donors (Lipinski definition) is 0. The molecule has 0 bridgehead atoms. The summed E-state index contributed by atoms with van der Waals surface area (Å²) in [5.74, 6) is 0.207. The summed E-state index contributed by atoms with van der Waals surface area (Å²) in [6.07, 6.45) is 5.10. The van der Waals surface area contributed by atoms with Crippen molar-refractivity contribution in [1.82, 2.24) is 0 Å². The van der Waals surface area contributed by atoms with E-state index in [1.165, 1.54) is 12.5 Å². The predicted molar refractivity (Wildman–Crippen MR) is 65.9 cm³/mol. The molecule has 0 aromatic heterocycles. The number of ether oxygens (including phenoxy) is 1. The van der Waals surface area contributed by atoms with Gasteiger partial charge >= 0.3 is 5.97 Å². The van der Waals surface area contributed by atoms with Gasteiger partial charge in [0.1, 0.15) is 0 Å². The van der Waals surface area contributed by atoms with Crippen molar-refractivity contribution in [3.05, 3.63) is 42.0 Å². The van der Waals surface area contributed by atoms with Gasteiger partial charge in [-0.15, -0.1) is 0 Å². The van der Waals surface area contributed by atoms with Crippen molar-refractivity contribution in [2.24, 2.45) is 5.92 Å². The number of carbonyl (C=O) groups excluding carboxylic acids is 1. The highest BCUT2D eigenvalue weighted by Crippen LogP contribution is 2.08. The van der Waals surface area contributed by atoms with Crippen LogP contribution in [0.3, 0.4) is 0 Å². The second kappa shape index (κ2) is 6.83. The fraction of sp³-hybridized carbons (Fsp3) is 0.357. The van der Waals surface area contributed by atoms with Crippen molar-refractivity contribution in [3.8, 4) is 0 Å². The van der Waals surface area contributed by atoms with E-state index in [4.69, 9.17) is 4.74 Å². The molecular weight excluding hydrogens is 200 g/mol. The van der Waals surface area contributed by atoms with Gasteiger partial charge in [-0.1, -0.05) is 49.4 Å². The molecule has 1 aromatic carbocycles. The Balaban J connectivity index is 2.31. The monoisotopic (exact) mass is 218 g/mol. The molecule has 2 nitrogen and oxygen atoms in total. The Morgan fingerprint density at radius 2 is 2.06 bits per heavy atom. The standard InChI is InChI=1S/C14H18O2/c1-12(10-11-16-13(2)15)8-9-14-6-4-3-5-7-14/h3-9,12H,10-11H2,1-2H3/b9-8-. The summed E-state index contributed by atoms with van der Waals surface area (Å²) in [6, 6.07) is 10.2. The van der Waals surface area contributed by atoms with Gasteiger partial charge in [-0.3, -0.25) is 4.79 Å². The predicted octanol–water partition coefficient (Wildman–Crippen LogP) is 3.29. The van der Waals surface area contributed by atoms with E-state index in [9.17, 15) is 4.79 Å². The van der Waals surface area contributed by atoms with E-state index in [0.29, 0.717) is 12.5 Å². The van der Waals surface area contributed by atoms with Gasteiger partial charge in [0.25, 0.3) is 0 Å². The summed E-state index contributed by atoms with van der Waals surface area (Å²) in [7, 11) is 0. The van der Waals surface area contributed by atoms with Crippen LogP contribution in [0.15, 0.2) is 36.4 Å². The lowest BCUT2D eigenvalue weighted by Gasteiger charge is -2.05. The first kappa shape index (κ1) is 12.5. The maximum absolute atomic E-state index is 10.6. The summed E-state index contributed by atoms with van der Waals surface area (Å²) in [5.41, 5.74) is 1.20. The van der Waals surface area contributed by atoms with Crippen LogP contribution in [0.4, 0.5) is 0 Å². The van der Waals surface area contributed by atoms with Gasteiger partial charge in [-0.05, 0) is 17.9 Å². The van der Waals surface area contributed by atoms with Crippen molar-refractivity contribution in [2.45, 2.75) is 20.3 Å². The molecule has 0 N–H and O–H groups in total. The largest absolute Gasteiger partial charge is 0.466 e. The molecule has 1 unspecified atom stereocenters.